The number of ether oxygens (including phenoxy) is 1. The minimum absolute atomic E-state index is 0.225. The summed E-state index contributed by atoms with van der Waals surface area (Å²) in [5.41, 5.74) is 0.830. The van der Waals surface area contributed by atoms with Crippen LogP contribution >= 0.6 is 27.3 Å². The molecule has 1 amide bonds. The van der Waals surface area contributed by atoms with Crippen LogP contribution in [-0.2, 0) is 0 Å². The molecule has 4 nitrogen and oxygen atoms in total. The van der Waals surface area contributed by atoms with Crippen molar-refractivity contribution in [2.24, 2.45) is 0 Å². The molecule has 88 valence electrons. The molecule has 0 unspecified atom stereocenters. The smallest absolute Gasteiger partial charge is 0.261 e. The number of aromatic nitrogens is 1. The van der Waals surface area contributed by atoms with Gasteiger partial charge < -0.3 is 4.74 Å². The summed E-state index contributed by atoms with van der Waals surface area (Å²) in [6.45, 7) is 0. The van der Waals surface area contributed by atoms with Crippen LogP contribution in [0.15, 0.2) is 35.8 Å². The number of amides is 1. The van der Waals surface area contributed by atoms with Crippen molar-refractivity contribution < 1.29 is 9.53 Å². The minimum atomic E-state index is -0.225. The summed E-state index contributed by atoms with van der Waals surface area (Å²) >= 11 is 4.54. The van der Waals surface area contributed by atoms with Gasteiger partial charge in [-0.05, 0) is 28.1 Å². The molecule has 0 saturated carbocycles. The molecule has 0 radical (unpaired) electrons. The molecule has 0 fully saturated rings. The molecule has 1 heterocycles. The van der Waals surface area contributed by atoms with Gasteiger partial charge >= 0.3 is 0 Å². The SMILES string of the molecule is O=C(Nc1nccs1)c1ccccc1OCBr. The molecule has 0 aliphatic carbocycles. The second kappa shape index (κ2) is 5.79. The maximum atomic E-state index is 12.0. The lowest BCUT2D eigenvalue weighted by molar-refractivity contribution is 0.102. The molecule has 17 heavy (non-hydrogen) atoms. The average Bonchev–Trinajstić information content (AvgIpc) is 2.83. The van der Waals surface area contributed by atoms with Gasteiger partial charge in [0.05, 0.1) is 5.56 Å². The van der Waals surface area contributed by atoms with Crippen LogP contribution in [0.2, 0.25) is 0 Å². The highest BCUT2D eigenvalue weighted by Crippen LogP contribution is 2.20. The Hall–Kier alpha value is -1.40. The molecule has 2 aromatic rings. The van der Waals surface area contributed by atoms with Crippen LogP contribution in [0.5, 0.6) is 5.75 Å². The Bertz CT molecular complexity index is 502. The number of benzene rings is 1. The number of rotatable bonds is 4. The third-order valence-corrected chi connectivity index (χ3v) is 2.91. The molecule has 0 aliphatic rings. The largest absolute Gasteiger partial charge is 0.482 e. The lowest BCUT2D eigenvalue weighted by atomic mass is 10.2. The van der Waals surface area contributed by atoms with E-state index in [0.717, 1.165) is 0 Å². The zero-order valence-electron chi connectivity index (χ0n) is 8.72. The van der Waals surface area contributed by atoms with Crippen LogP contribution < -0.4 is 10.1 Å². The molecule has 0 spiro atoms. The molecular weight excluding hydrogens is 304 g/mol. The second-order valence-corrected chi connectivity index (χ2v) is 4.39. The summed E-state index contributed by atoms with van der Waals surface area (Å²) in [6, 6.07) is 7.06. The van der Waals surface area contributed by atoms with E-state index in [2.05, 4.69) is 26.2 Å². The fourth-order valence-corrected chi connectivity index (χ4v) is 2.06. The van der Waals surface area contributed by atoms with E-state index in [4.69, 9.17) is 4.74 Å². The normalized spacial score (nSPS) is 9.94. The molecule has 2 rings (SSSR count). The quantitative estimate of drug-likeness (QED) is 0.882. The first kappa shape index (κ1) is 12.1. The maximum absolute atomic E-state index is 12.0. The van der Waals surface area contributed by atoms with Crippen molar-refractivity contribution >= 4 is 38.3 Å². The number of thiazole rings is 1. The third-order valence-electron chi connectivity index (χ3n) is 1.99. The Morgan fingerprint density at radius 3 is 3.00 bits per heavy atom. The molecule has 0 atom stereocenters. The van der Waals surface area contributed by atoms with Gasteiger partial charge in [-0.2, -0.15) is 0 Å². The fraction of sp³-hybridized carbons (Fsp3) is 0.0909. The zero-order chi connectivity index (χ0) is 12.1. The number of halogens is 1. The molecule has 6 heteroatoms. The van der Waals surface area contributed by atoms with Crippen LogP contribution in [0.25, 0.3) is 0 Å². The van der Waals surface area contributed by atoms with Gasteiger partial charge in [0.15, 0.2) is 5.13 Å². The summed E-state index contributed by atoms with van der Waals surface area (Å²) in [4.78, 5) is 16.0. The molecule has 0 bridgehead atoms. The molecular formula is C11H9BrN2O2S. The topological polar surface area (TPSA) is 51.2 Å². The number of alkyl halides is 1. The lowest BCUT2D eigenvalue weighted by Gasteiger charge is -2.08. The van der Waals surface area contributed by atoms with E-state index in [1.165, 1.54) is 11.3 Å². The van der Waals surface area contributed by atoms with Gasteiger partial charge in [-0.15, -0.1) is 11.3 Å². The van der Waals surface area contributed by atoms with Crippen LogP contribution in [-0.4, -0.2) is 16.4 Å². The number of carbonyl (C=O) groups is 1. The van der Waals surface area contributed by atoms with Crippen molar-refractivity contribution in [3.63, 3.8) is 0 Å². The molecule has 0 saturated heterocycles. The van der Waals surface area contributed by atoms with Crippen LogP contribution in [0.3, 0.4) is 0 Å². The summed E-state index contributed by atoms with van der Waals surface area (Å²) in [7, 11) is 0. The van der Waals surface area contributed by atoms with Crippen molar-refractivity contribution in [3.05, 3.63) is 41.4 Å². The van der Waals surface area contributed by atoms with Gasteiger partial charge in [0.1, 0.15) is 11.3 Å². The average molecular weight is 313 g/mol. The standard InChI is InChI=1S/C11H9BrN2O2S/c12-7-16-9-4-2-1-3-8(9)10(15)14-11-13-5-6-17-11/h1-6H,7H2,(H,13,14,15). The molecule has 1 aromatic carbocycles. The van der Waals surface area contributed by atoms with E-state index in [9.17, 15) is 4.79 Å². The van der Waals surface area contributed by atoms with E-state index in [-0.39, 0.29) is 5.91 Å². The van der Waals surface area contributed by atoms with Crippen molar-refractivity contribution in [1.29, 1.82) is 0 Å². The highest BCUT2D eigenvalue weighted by molar-refractivity contribution is 9.09. The van der Waals surface area contributed by atoms with E-state index in [0.29, 0.717) is 22.0 Å². The number of nitrogens with one attached hydrogen (secondary N) is 1. The van der Waals surface area contributed by atoms with Crippen LogP contribution in [0.1, 0.15) is 10.4 Å². The van der Waals surface area contributed by atoms with Gasteiger partial charge in [0.25, 0.3) is 5.91 Å². The number of hydrogen-bond donors (Lipinski definition) is 1. The van der Waals surface area contributed by atoms with Crippen molar-refractivity contribution in [3.8, 4) is 5.75 Å². The predicted molar refractivity (Wildman–Crippen MR) is 70.9 cm³/mol. The molecule has 0 aliphatic heterocycles. The Balaban J connectivity index is 2.18. The summed E-state index contributed by atoms with van der Waals surface area (Å²) in [5.74, 6) is 0.315. The number of nitrogens with zero attached hydrogens (tertiary/aromatic N) is 1. The predicted octanol–water partition coefficient (Wildman–Crippen LogP) is 3.13. The monoisotopic (exact) mass is 312 g/mol. The summed E-state index contributed by atoms with van der Waals surface area (Å²) in [5, 5.41) is 5.09. The summed E-state index contributed by atoms with van der Waals surface area (Å²) < 4.78 is 5.32. The molecule has 1 N–H and O–H groups in total. The minimum Gasteiger partial charge on any atom is -0.482 e. The van der Waals surface area contributed by atoms with Crippen LogP contribution in [0.4, 0.5) is 5.13 Å². The summed E-state index contributed by atoms with van der Waals surface area (Å²) in [6.07, 6.45) is 1.64. The second-order valence-electron chi connectivity index (χ2n) is 3.04. The van der Waals surface area contributed by atoms with Gasteiger partial charge in [-0.25, -0.2) is 4.98 Å². The lowest BCUT2D eigenvalue weighted by Crippen LogP contribution is -2.13. The van der Waals surface area contributed by atoms with E-state index in [1.807, 2.05) is 6.07 Å². The van der Waals surface area contributed by atoms with Gasteiger partial charge in [0.2, 0.25) is 0 Å². The Morgan fingerprint density at radius 2 is 2.29 bits per heavy atom. The highest BCUT2D eigenvalue weighted by atomic mass is 79.9. The first-order chi connectivity index (χ1) is 8.31. The zero-order valence-corrected chi connectivity index (χ0v) is 11.1. The highest BCUT2D eigenvalue weighted by Gasteiger charge is 2.12. The fourth-order valence-electron chi connectivity index (χ4n) is 1.29. The number of carbonyl (C=O) groups excluding carboxylic acids is 1. The van der Waals surface area contributed by atoms with Crippen molar-refractivity contribution in [1.82, 2.24) is 4.98 Å². The van der Waals surface area contributed by atoms with Gasteiger partial charge in [0, 0.05) is 11.6 Å². The van der Waals surface area contributed by atoms with Crippen molar-refractivity contribution in [2.45, 2.75) is 0 Å². The first-order valence-electron chi connectivity index (χ1n) is 4.80. The van der Waals surface area contributed by atoms with Gasteiger partial charge in [-0.1, -0.05) is 12.1 Å². The van der Waals surface area contributed by atoms with E-state index < -0.39 is 0 Å². The van der Waals surface area contributed by atoms with E-state index >= 15 is 0 Å². The number of anilines is 1. The first-order valence-corrected chi connectivity index (χ1v) is 6.80. The Morgan fingerprint density at radius 1 is 1.47 bits per heavy atom. The third kappa shape index (κ3) is 3.04. The maximum Gasteiger partial charge on any atom is 0.261 e. The Labute approximate surface area is 111 Å². The van der Waals surface area contributed by atoms with Crippen molar-refractivity contribution in [2.75, 3.05) is 10.8 Å². The van der Waals surface area contributed by atoms with Gasteiger partial charge in [-0.3, -0.25) is 10.1 Å². The number of hydrogen-bond acceptors (Lipinski definition) is 4. The van der Waals surface area contributed by atoms with E-state index in [1.54, 1.807) is 29.8 Å². The Kier molecular flexibility index (Phi) is 4.11. The number of para-hydroxylation sites is 1. The molecule has 1 aromatic heterocycles. The van der Waals surface area contributed by atoms with Crippen LogP contribution in [0, 0.1) is 0 Å².